The first-order valence-corrected chi connectivity index (χ1v) is 10.6. The lowest BCUT2D eigenvalue weighted by Crippen LogP contribution is -2.58. The molecule has 4 saturated carbocycles. The van der Waals surface area contributed by atoms with Gasteiger partial charge in [0.15, 0.2) is 0 Å². The molecule has 0 aromatic heterocycles. The lowest BCUT2D eigenvalue weighted by molar-refractivity contribution is -0.167. The first-order valence-electron chi connectivity index (χ1n) is 10.6. The number of hydrogen-bond acceptors (Lipinski definition) is 3. The highest BCUT2D eigenvalue weighted by Gasteiger charge is 2.63. The average Bonchev–Trinajstić information content (AvgIpc) is 2.94. The van der Waals surface area contributed by atoms with Crippen molar-refractivity contribution in [3.05, 3.63) is 0 Å². The zero-order valence-electron chi connectivity index (χ0n) is 16.3. The number of carbonyl (C=O) groups excluding carboxylic acids is 1. The molecule has 0 heterocycles. The van der Waals surface area contributed by atoms with Crippen LogP contribution in [0.15, 0.2) is 0 Å². The van der Waals surface area contributed by atoms with E-state index in [0.29, 0.717) is 35.4 Å². The Hall–Kier alpha value is -0.410. The van der Waals surface area contributed by atoms with Crippen LogP contribution in [-0.4, -0.2) is 30.7 Å². The Bertz CT molecular complexity index is 531. The van der Waals surface area contributed by atoms with Gasteiger partial charge in [-0.2, -0.15) is 0 Å². The van der Waals surface area contributed by atoms with Crippen LogP contribution in [0, 0.1) is 40.4 Å². The second kappa shape index (κ2) is 6.34. The van der Waals surface area contributed by atoms with Crippen molar-refractivity contribution in [2.24, 2.45) is 40.4 Å². The summed E-state index contributed by atoms with van der Waals surface area (Å²) < 4.78 is 5.78. The SMILES string of the molecule is COC[C@]12CC[C@@H](O)C[C@@H]1CC[C@@H]1[C@@H]2CC[C@]2(C(C)=O)[C@@H](C)CC[C@@H]12. The van der Waals surface area contributed by atoms with Gasteiger partial charge in [0.2, 0.25) is 0 Å². The van der Waals surface area contributed by atoms with Crippen LogP contribution >= 0.6 is 0 Å². The van der Waals surface area contributed by atoms with E-state index in [1.54, 1.807) is 0 Å². The molecule has 0 aromatic carbocycles. The minimum absolute atomic E-state index is 0.0313. The first-order chi connectivity index (χ1) is 12.0. The normalized spacial score (nSPS) is 52.2. The van der Waals surface area contributed by atoms with Gasteiger partial charge in [0.25, 0.3) is 0 Å². The van der Waals surface area contributed by atoms with E-state index in [0.717, 1.165) is 32.3 Å². The summed E-state index contributed by atoms with van der Waals surface area (Å²) in [7, 11) is 1.85. The topological polar surface area (TPSA) is 46.5 Å². The van der Waals surface area contributed by atoms with Crippen molar-refractivity contribution in [2.45, 2.75) is 77.7 Å². The van der Waals surface area contributed by atoms with Crippen molar-refractivity contribution in [1.29, 1.82) is 0 Å². The number of aliphatic hydroxyl groups excluding tert-OH is 1. The Morgan fingerprint density at radius 2 is 1.88 bits per heavy atom. The van der Waals surface area contributed by atoms with Crippen molar-refractivity contribution in [1.82, 2.24) is 0 Å². The van der Waals surface area contributed by atoms with Gasteiger partial charge >= 0.3 is 0 Å². The summed E-state index contributed by atoms with van der Waals surface area (Å²) in [5, 5.41) is 10.2. The molecule has 0 unspecified atom stereocenters. The van der Waals surface area contributed by atoms with E-state index in [-0.39, 0.29) is 16.9 Å². The number of ether oxygens (including phenoxy) is 1. The average molecular weight is 349 g/mol. The Morgan fingerprint density at radius 1 is 1.08 bits per heavy atom. The number of aliphatic hydroxyl groups is 1. The maximum absolute atomic E-state index is 12.8. The van der Waals surface area contributed by atoms with Gasteiger partial charge in [0.05, 0.1) is 12.7 Å². The molecular weight excluding hydrogens is 312 g/mol. The number of hydrogen-bond donors (Lipinski definition) is 1. The van der Waals surface area contributed by atoms with E-state index in [1.165, 1.54) is 32.1 Å². The summed E-state index contributed by atoms with van der Waals surface area (Å²) in [4.78, 5) is 12.8. The van der Waals surface area contributed by atoms with Gasteiger partial charge < -0.3 is 9.84 Å². The molecule has 1 N–H and O–H groups in total. The molecule has 0 bridgehead atoms. The molecule has 4 aliphatic rings. The van der Waals surface area contributed by atoms with E-state index in [4.69, 9.17) is 4.74 Å². The van der Waals surface area contributed by atoms with Crippen LogP contribution in [-0.2, 0) is 9.53 Å². The largest absolute Gasteiger partial charge is 0.393 e. The van der Waals surface area contributed by atoms with Crippen molar-refractivity contribution in [2.75, 3.05) is 13.7 Å². The van der Waals surface area contributed by atoms with Crippen molar-refractivity contribution in [3.8, 4) is 0 Å². The van der Waals surface area contributed by atoms with Crippen molar-refractivity contribution < 1.29 is 14.6 Å². The quantitative estimate of drug-likeness (QED) is 0.830. The fourth-order valence-corrected chi connectivity index (χ4v) is 8.30. The first kappa shape index (κ1) is 18.0. The zero-order valence-corrected chi connectivity index (χ0v) is 16.3. The second-order valence-electron chi connectivity index (χ2n) is 9.86. The Morgan fingerprint density at radius 3 is 2.60 bits per heavy atom. The van der Waals surface area contributed by atoms with Gasteiger partial charge in [0.1, 0.15) is 5.78 Å². The minimum Gasteiger partial charge on any atom is -0.393 e. The number of Topliss-reactive ketones (excluding diaryl/α,β-unsaturated/α-hetero) is 1. The number of ketones is 1. The number of rotatable bonds is 3. The maximum Gasteiger partial charge on any atom is 0.136 e. The third kappa shape index (κ3) is 2.41. The third-order valence-electron chi connectivity index (χ3n) is 9.32. The molecule has 25 heavy (non-hydrogen) atoms. The van der Waals surface area contributed by atoms with Crippen molar-refractivity contribution in [3.63, 3.8) is 0 Å². The molecule has 3 nitrogen and oxygen atoms in total. The summed E-state index contributed by atoms with van der Waals surface area (Å²) in [5.41, 5.74) is 0.224. The van der Waals surface area contributed by atoms with E-state index in [1.807, 2.05) is 14.0 Å². The number of methoxy groups -OCH3 is 1. The fourth-order valence-electron chi connectivity index (χ4n) is 8.30. The highest BCUT2D eigenvalue weighted by Crippen LogP contribution is 2.67. The van der Waals surface area contributed by atoms with E-state index < -0.39 is 0 Å². The Kier molecular flexibility index (Phi) is 4.56. The standard InChI is InChI=1S/C22H36O3/c1-14-4-7-20-18-6-5-16-12-17(24)8-10-21(16,13-25-3)19(18)9-11-22(14,20)15(2)23/h14,16-20,24H,4-13H2,1-3H3/t14-,16-,17+,18+,19-,20-,21+,22+/m0/s1. The molecule has 0 saturated heterocycles. The summed E-state index contributed by atoms with van der Waals surface area (Å²) in [6.45, 7) is 5.04. The maximum atomic E-state index is 12.8. The van der Waals surface area contributed by atoms with Crippen LogP contribution < -0.4 is 0 Å². The lowest BCUT2D eigenvalue weighted by Gasteiger charge is -2.61. The fraction of sp³-hybridized carbons (Fsp3) is 0.955. The van der Waals surface area contributed by atoms with Gasteiger partial charge in [-0.25, -0.2) is 0 Å². The smallest absolute Gasteiger partial charge is 0.136 e. The predicted molar refractivity (Wildman–Crippen MR) is 98.1 cm³/mol. The summed E-state index contributed by atoms with van der Waals surface area (Å²) >= 11 is 0. The second-order valence-corrected chi connectivity index (χ2v) is 9.86. The highest BCUT2D eigenvalue weighted by atomic mass is 16.5. The summed E-state index contributed by atoms with van der Waals surface area (Å²) in [5.74, 6) is 3.62. The van der Waals surface area contributed by atoms with Gasteiger partial charge in [-0.15, -0.1) is 0 Å². The number of fused-ring (bicyclic) bond motifs is 5. The van der Waals surface area contributed by atoms with Gasteiger partial charge in [0, 0.05) is 12.5 Å². The Labute approximate surface area is 152 Å². The van der Waals surface area contributed by atoms with E-state index in [2.05, 4.69) is 6.92 Å². The molecule has 0 aliphatic heterocycles. The summed E-state index contributed by atoms with van der Waals surface area (Å²) in [6.07, 6.45) is 10.2. The lowest BCUT2D eigenvalue weighted by atomic mass is 9.43. The molecule has 142 valence electrons. The Balaban J connectivity index is 1.68. The van der Waals surface area contributed by atoms with Gasteiger partial charge in [-0.05, 0) is 99.7 Å². The van der Waals surface area contributed by atoms with Gasteiger partial charge in [-0.3, -0.25) is 4.79 Å². The highest BCUT2D eigenvalue weighted by molar-refractivity contribution is 5.83. The molecule has 4 aliphatic carbocycles. The molecule has 4 rings (SSSR count). The molecule has 4 fully saturated rings. The monoisotopic (exact) mass is 348 g/mol. The van der Waals surface area contributed by atoms with Crippen LogP contribution in [0.1, 0.15) is 71.6 Å². The van der Waals surface area contributed by atoms with Crippen LogP contribution in [0.3, 0.4) is 0 Å². The molecule has 0 radical (unpaired) electrons. The zero-order chi connectivity index (χ0) is 17.8. The molecule has 0 aromatic rings. The van der Waals surface area contributed by atoms with Crippen molar-refractivity contribution >= 4 is 5.78 Å². The van der Waals surface area contributed by atoms with E-state index in [9.17, 15) is 9.90 Å². The number of carbonyl (C=O) groups is 1. The third-order valence-corrected chi connectivity index (χ3v) is 9.32. The van der Waals surface area contributed by atoms with Crippen LogP contribution in [0.4, 0.5) is 0 Å². The molecule has 0 spiro atoms. The molecule has 8 atom stereocenters. The molecular formula is C22H36O3. The molecule has 0 amide bonds. The predicted octanol–water partition coefficient (Wildman–Crippen LogP) is 4.22. The molecule has 3 heteroatoms. The summed E-state index contributed by atoms with van der Waals surface area (Å²) in [6, 6.07) is 0. The van der Waals surface area contributed by atoms with Crippen LogP contribution in [0.25, 0.3) is 0 Å². The van der Waals surface area contributed by atoms with E-state index >= 15 is 0 Å². The van der Waals surface area contributed by atoms with Crippen LogP contribution in [0.5, 0.6) is 0 Å². The minimum atomic E-state index is -0.113. The van der Waals surface area contributed by atoms with Gasteiger partial charge in [-0.1, -0.05) is 6.92 Å². The van der Waals surface area contributed by atoms with Crippen LogP contribution in [0.2, 0.25) is 0 Å².